The van der Waals surface area contributed by atoms with Gasteiger partial charge in [-0.1, -0.05) is 32.3 Å². The van der Waals surface area contributed by atoms with Crippen molar-refractivity contribution in [1.29, 1.82) is 0 Å². The molecule has 0 amide bonds. The van der Waals surface area contributed by atoms with Gasteiger partial charge in [0.2, 0.25) is 0 Å². The van der Waals surface area contributed by atoms with Gasteiger partial charge in [0.15, 0.2) is 11.5 Å². The number of esters is 1. The van der Waals surface area contributed by atoms with Crippen molar-refractivity contribution < 1.29 is 14.6 Å². The van der Waals surface area contributed by atoms with Crippen LogP contribution in [0, 0.1) is 0 Å². The fourth-order valence-corrected chi connectivity index (χ4v) is 1.79. The van der Waals surface area contributed by atoms with Crippen LogP contribution in [0.5, 0.6) is 11.5 Å². The number of phenols is 1. The summed E-state index contributed by atoms with van der Waals surface area (Å²) in [6.45, 7) is 3.44. The molecule has 0 aliphatic heterocycles. The zero-order valence-corrected chi connectivity index (χ0v) is 12.2. The molecule has 0 saturated heterocycles. The molecule has 1 atom stereocenters. The summed E-state index contributed by atoms with van der Waals surface area (Å²) in [4.78, 5) is 10.8. The number of hydrogen-bond acceptors (Lipinski definition) is 4. The Morgan fingerprint density at radius 1 is 1.42 bits per heavy atom. The van der Waals surface area contributed by atoms with E-state index < -0.39 is 5.97 Å². The minimum Gasteiger partial charge on any atom is -0.504 e. The molecular weight excluding hydrogens is 266 g/mol. The highest BCUT2D eigenvalue weighted by Gasteiger charge is 2.10. The van der Waals surface area contributed by atoms with E-state index in [0.29, 0.717) is 0 Å². The van der Waals surface area contributed by atoms with Gasteiger partial charge in [-0.3, -0.25) is 4.79 Å². The van der Waals surface area contributed by atoms with Crippen LogP contribution in [0.3, 0.4) is 0 Å². The number of ether oxygens (including phenoxy) is 1. The summed E-state index contributed by atoms with van der Waals surface area (Å²) >= 11 is 0. The molecule has 4 nitrogen and oxygen atoms in total. The number of nitrogens with two attached hydrogens (primary N) is 1. The number of carbonyl (C=O) groups excluding carboxylic acids is 1. The van der Waals surface area contributed by atoms with E-state index in [0.717, 1.165) is 31.2 Å². The van der Waals surface area contributed by atoms with E-state index >= 15 is 0 Å². The van der Waals surface area contributed by atoms with Crippen molar-refractivity contribution in [2.45, 2.75) is 45.6 Å². The maximum atomic E-state index is 10.8. The summed E-state index contributed by atoms with van der Waals surface area (Å²) in [6, 6.07) is 4.84. The van der Waals surface area contributed by atoms with E-state index in [-0.39, 0.29) is 29.9 Å². The predicted molar refractivity (Wildman–Crippen MR) is 77.7 cm³/mol. The van der Waals surface area contributed by atoms with Crippen LogP contribution in [0.1, 0.15) is 51.1 Å². The standard InChI is InChI=1S/C14H21NO3.ClH/c1-3-4-5-6-12(15)11-7-8-14(13(17)9-11)18-10(2)16;/h7-9,12,17H,3-6,15H2,1-2H3;1H/t12-;/m0./s1. The van der Waals surface area contributed by atoms with Crippen molar-refractivity contribution in [1.82, 2.24) is 0 Å². The van der Waals surface area contributed by atoms with Gasteiger partial charge in [0.25, 0.3) is 0 Å². The van der Waals surface area contributed by atoms with Crippen molar-refractivity contribution in [3.8, 4) is 11.5 Å². The molecule has 0 aliphatic rings. The van der Waals surface area contributed by atoms with Gasteiger partial charge in [-0.2, -0.15) is 0 Å². The third-order valence-electron chi connectivity index (χ3n) is 2.78. The van der Waals surface area contributed by atoms with E-state index in [9.17, 15) is 9.90 Å². The molecule has 0 heterocycles. The average molecular weight is 288 g/mol. The van der Waals surface area contributed by atoms with Crippen LogP contribution in [-0.2, 0) is 4.79 Å². The Morgan fingerprint density at radius 3 is 2.63 bits per heavy atom. The molecule has 1 rings (SSSR count). The molecule has 0 spiro atoms. The van der Waals surface area contributed by atoms with Gasteiger partial charge >= 0.3 is 5.97 Å². The summed E-state index contributed by atoms with van der Waals surface area (Å²) in [7, 11) is 0. The second kappa shape index (κ2) is 8.77. The normalized spacial score (nSPS) is 11.5. The van der Waals surface area contributed by atoms with Crippen LogP contribution >= 0.6 is 12.4 Å². The number of rotatable bonds is 6. The topological polar surface area (TPSA) is 72.5 Å². The molecule has 0 aromatic heterocycles. The second-order valence-electron chi connectivity index (χ2n) is 4.42. The Hall–Kier alpha value is -1.26. The smallest absolute Gasteiger partial charge is 0.308 e. The maximum Gasteiger partial charge on any atom is 0.308 e. The van der Waals surface area contributed by atoms with Gasteiger partial charge < -0.3 is 15.6 Å². The number of carbonyl (C=O) groups is 1. The number of aromatic hydroxyl groups is 1. The first-order valence-electron chi connectivity index (χ1n) is 6.31. The average Bonchev–Trinajstić information content (AvgIpc) is 2.31. The summed E-state index contributed by atoms with van der Waals surface area (Å²) < 4.78 is 4.85. The minimum atomic E-state index is -0.453. The zero-order chi connectivity index (χ0) is 13.5. The van der Waals surface area contributed by atoms with Crippen molar-refractivity contribution >= 4 is 18.4 Å². The molecule has 0 fully saturated rings. The lowest BCUT2D eigenvalue weighted by Gasteiger charge is -2.13. The van der Waals surface area contributed by atoms with Gasteiger partial charge in [-0.05, 0) is 24.1 Å². The summed E-state index contributed by atoms with van der Waals surface area (Å²) in [5.41, 5.74) is 6.90. The Bertz CT molecular complexity index is 410. The van der Waals surface area contributed by atoms with Crippen LogP contribution in [0.2, 0.25) is 0 Å². The van der Waals surface area contributed by atoms with Crippen LogP contribution in [0.15, 0.2) is 18.2 Å². The molecule has 19 heavy (non-hydrogen) atoms. The molecule has 1 aromatic carbocycles. The lowest BCUT2D eigenvalue weighted by molar-refractivity contribution is -0.132. The highest BCUT2D eigenvalue weighted by Crippen LogP contribution is 2.30. The molecule has 0 unspecified atom stereocenters. The molecule has 0 bridgehead atoms. The monoisotopic (exact) mass is 287 g/mol. The first-order chi connectivity index (χ1) is 8.54. The molecular formula is C14H22ClNO3. The third kappa shape index (κ3) is 5.94. The first kappa shape index (κ1) is 17.7. The van der Waals surface area contributed by atoms with Crippen LogP contribution in [0.4, 0.5) is 0 Å². The van der Waals surface area contributed by atoms with Crippen molar-refractivity contribution in [2.24, 2.45) is 5.73 Å². The molecule has 0 saturated carbocycles. The Morgan fingerprint density at radius 2 is 2.11 bits per heavy atom. The molecule has 5 heteroatoms. The lowest BCUT2D eigenvalue weighted by atomic mass is 10.0. The SMILES string of the molecule is CCCCC[C@H](N)c1ccc(OC(C)=O)c(O)c1.Cl. The molecule has 3 N–H and O–H groups in total. The highest BCUT2D eigenvalue weighted by atomic mass is 35.5. The predicted octanol–water partition coefficient (Wildman–Crippen LogP) is 3.32. The number of halogens is 1. The first-order valence-corrected chi connectivity index (χ1v) is 6.31. The Labute approximate surface area is 120 Å². The van der Waals surface area contributed by atoms with E-state index in [2.05, 4.69) is 6.92 Å². The lowest BCUT2D eigenvalue weighted by Crippen LogP contribution is -2.10. The van der Waals surface area contributed by atoms with E-state index in [4.69, 9.17) is 10.5 Å². The fraction of sp³-hybridized carbons (Fsp3) is 0.500. The summed E-state index contributed by atoms with van der Waals surface area (Å²) in [5.74, 6) is -0.328. The van der Waals surface area contributed by atoms with Gasteiger partial charge in [0.1, 0.15) is 0 Å². The summed E-state index contributed by atoms with van der Waals surface area (Å²) in [5, 5.41) is 9.73. The third-order valence-corrected chi connectivity index (χ3v) is 2.78. The van der Waals surface area contributed by atoms with Crippen LogP contribution < -0.4 is 10.5 Å². The number of phenolic OH excluding ortho intramolecular Hbond substituents is 1. The maximum absolute atomic E-state index is 10.8. The highest BCUT2D eigenvalue weighted by molar-refractivity contribution is 5.85. The van der Waals surface area contributed by atoms with Crippen LogP contribution in [0.25, 0.3) is 0 Å². The number of unbranched alkanes of at least 4 members (excludes halogenated alkanes) is 2. The fourth-order valence-electron chi connectivity index (χ4n) is 1.79. The molecule has 0 radical (unpaired) electrons. The van der Waals surface area contributed by atoms with E-state index in [1.54, 1.807) is 18.2 Å². The van der Waals surface area contributed by atoms with Crippen molar-refractivity contribution in [3.63, 3.8) is 0 Å². The largest absolute Gasteiger partial charge is 0.504 e. The van der Waals surface area contributed by atoms with E-state index in [1.807, 2.05) is 0 Å². The van der Waals surface area contributed by atoms with Gasteiger partial charge in [0.05, 0.1) is 0 Å². The van der Waals surface area contributed by atoms with Gasteiger partial charge in [-0.15, -0.1) is 12.4 Å². The molecule has 1 aromatic rings. The Kier molecular flexibility index (Phi) is 8.19. The number of benzene rings is 1. The van der Waals surface area contributed by atoms with Gasteiger partial charge in [-0.25, -0.2) is 0 Å². The Balaban J connectivity index is 0.00000324. The number of hydrogen-bond donors (Lipinski definition) is 2. The van der Waals surface area contributed by atoms with Crippen LogP contribution in [-0.4, -0.2) is 11.1 Å². The second-order valence-corrected chi connectivity index (χ2v) is 4.42. The quantitative estimate of drug-likeness (QED) is 0.478. The van der Waals surface area contributed by atoms with Gasteiger partial charge in [0, 0.05) is 13.0 Å². The van der Waals surface area contributed by atoms with Crippen molar-refractivity contribution in [3.05, 3.63) is 23.8 Å². The van der Waals surface area contributed by atoms with Crippen molar-refractivity contribution in [2.75, 3.05) is 0 Å². The minimum absolute atomic E-state index is 0. The molecule has 108 valence electrons. The molecule has 0 aliphatic carbocycles. The zero-order valence-electron chi connectivity index (χ0n) is 11.4. The summed E-state index contributed by atoms with van der Waals surface area (Å²) in [6.07, 6.45) is 4.28. The van der Waals surface area contributed by atoms with E-state index in [1.165, 1.54) is 6.92 Å².